The van der Waals surface area contributed by atoms with Crippen LogP contribution in [0.5, 0.6) is 5.75 Å². The van der Waals surface area contributed by atoms with Gasteiger partial charge in [-0.15, -0.1) is 0 Å². The Hall–Kier alpha value is -3.24. The lowest BCUT2D eigenvalue weighted by Gasteiger charge is -2.48. The molecule has 3 aliphatic rings. The minimum atomic E-state index is -2.53. The average molecular weight is 472 g/mol. The van der Waals surface area contributed by atoms with Gasteiger partial charge in [0.05, 0.1) is 11.7 Å². The zero-order chi connectivity index (χ0) is 25.1. The molecule has 7 N–H and O–H groups in total. The first-order chi connectivity index (χ1) is 15.9. The third-order valence-corrected chi connectivity index (χ3v) is 7.47. The first-order valence-electron chi connectivity index (χ1n) is 11.3. The van der Waals surface area contributed by atoms with Crippen LogP contribution in [0.1, 0.15) is 53.7 Å². The normalized spacial score (nSPS) is 30.4. The lowest BCUT2D eigenvalue weighted by atomic mass is 9.57. The molecule has 0 bridgehead atoms. The number of rotatable bonds is 4. The fourth-order valence-corrected chi connectivity index (χ4v) is 5.80. The predicted molar refractivity (Wildman–Crippen MR) is 118 cm³/mol. The van der Waals surface area contributed by atoms with Crippen molar-refractivity contribution in [3.8, 4) is 5.75 Å². The molecule has 5 atom stereocenters. The Kier molecular flexibility index (Phi) is 5.77. The lowest BCUT2D eigenvalue weighted by molar-refractivity contribution is -0.167. The van der Waals surface area contributed by atoms with Crippen molar-refractivity contribution in [2.75, 3.05) is 0 Å². The molecule has 0 spiro atoms. The highest BCUT2D eigenvalue weighted by atomic mass is 16.3. The molecule has 2 amide bonds. The summed E-state index contributed by atoms with van der Waals surface area (Å²) in [7, 11) is 0. The Morgan fingerprint density at radius 1 is 1.21 bits per heavy atom. The summed E-state index contributed by atoms with van der Waals surface area (Å²) in [5.41, 5.74) is 4.25. The molecule has 1 aromatic carbocycles. The maximum Gasteiger partial charge on any atom is 0.230 e. The molecule has 0 radical (unpaired) electrons. The summed E-state index contributed by atoms with van der Waals surface area (Å²) in [6.45, 7) is 3.21. The SMILES string of the molecule is CCc1cc(CNC(C)=O)c(O)c2c1C[C@H]1C[C@H]3CC(O)C(C(N)=O)C(=O)[C@@]3(O)C(O)=C1C2=O. The van der Waals surface area contributed by atoms with Crippen LogP contribution in [-0.2, 0) is 33.8 Å². The molecule has 1 saturated carbocycles. The van der Waals surface area contributed by atoms with Gasteiger partial charge in [0.15, 0.2) is 17.2 Å². The molecule has 0 aromatic heterocycles. The second kappa shape index (κ2) is 8.21. The summed E-state index contributed by atoms with van der Waals surface area (Å²) in [5, 5.41) is 46.2. The molecular weight excluding hydrogens is 444 g/mol. The maximum absolute atomic E-state index is 13.6. The third-order valence-electron chi connectivity index (χ3n) is 7.47. The summed E-state index contributed by atoms with van der Waals surface area (Å²) < 4.78 is 0. The third kappa shape index (κ3) is 3.32. The zero-order valence-corrected chi connectivity index (χ0v) is 18.9. The van der Waals surface area contributed by atoms with E-state index in [1.54, 1.807) is 6.07 Å². The molecule has 1 aromatic rings. The molecule has 4 rings (SSSR count). The molecule has 0 heterocycles. The van der Waals surface area contributed by atoms with Crippen LogP contribution in [0.15, 0.2) is 17.4 Å². The number of aliphatic hydroxyl groups excluding tert-OH is 2. The number of carbonyl (C=O) groups excluding carboxylic acids is 4. The predicted octanol–water partition coefficient (Wildman–Crippen LogP) is -0.0560. The van der Waals surface area contributed by atoms with E-state index in [9.17, 15) is 39.6 Å². The molecule has 2 unspecified atom stereocenters. The molecule has 10 heteroatoms. The molecule has 3 aliphatic carbocycles. The minimum absolute atomic E-state index is 0.00807. The van der Waals surface area contributed by atoms with E-state index in [1.165, 1.54) is 6.92 Å². The van der Waals surface area contributed by atoms with Crippen molar-refractivity contribution in [3.63, 3.8) is 0 Å². The summed E-state index contributed by atoms with van der Waals surface area (Å²) in [5.74, 6) is -7.66. The van der Waals surface area contributed by atoms with Crippen LogP contribution in [-0.4, -0.2) is 55.5 Å². The number of fused-ring (bicyclic) bond motifs is 3. The van der Waals surface area contributed by atoms with E-state index in [-0.39, 0.29) is 48.6 Å². The van der Waals surface area contributed by atoms with E-state index in [1.807, 2.05) is 6.92 Å². The van der Waals surface area contributed by atoms with Crippen LogP contribution in [0.4, 0.5) is 0 Å². The quantitative estimate of drug-likeness (QED) is 0.329. The number of carbonyl (C=O) groups is 4. The Morgan fingerprint density at radius 3 is 2.47 bits per heavy atom. The van der Waals surface area contributed by atoms with Gasteiger partial charge in [-0.05, 0) is 42.7 Å². The number of nitrogens with two attached hydrogens (primary N) is 1. The van der Waals surface area contributed by atoms with E-state index in [4.69, 9.17) is 5.73 Å². The molecular formula is C24H28N2O8. The van der Waals surface area contributed by atoms with Gasteiger partial charge in [-0.2, -0.15) is 0 Å². The standard InChI is InChI=1S/C24H28N2O8/c1-3-10-4-12(8-26-9(2)27)19(29)17-14(10)6-11-5-13-7-15(28)18(23(25)33)22(32)24(13,34)21(31)16(11)20(17)30/h4,11,13,15,18,28-29,31,34H,3,5-8H2,1-2H3,(H2,25,33)(H,26,27)/t11-,13+,15?,18?,24+/m1/s1. The van der Waals surface area contributed by atoms with E-state index >= 15 is 0 Å². The van der Waals surface area contributed by atoms with Crippen molar-refractivity contribution in [2.45, 2.75) is 57.8 Å². The zero-order valence-electron chi connectivity index (χ0n) is 18.9. The van der Waals surface area contributed by atoms with Gasteiger partial charge < -0.3 is 31.5 Å². The van der Waals surface area contributed by atoms with Crippen LogP contribution in [0.25, 0.3) is 0 Å². The van der Waals surface area contributed by atoms with E-state index in [2.05, 4.69) is 5.32 Å². The van der Waals surface area contributed by atoms with E-state index < -0.39 is 52.7 Å². The Labute approximate surface area is 195 Å². The average Bonchev–Trinajstić information content (AvgIpc) is 2.75. The van der Waals surface area contributed by atoms with Gasteiger partial charge in [-0.1, -0.05) is 13.0 Å². The van der Waals surface area contributed by atoms with E-state index in [0.29, 0.717) is 17.5 Å². The van der Waals surface area contributed by atoms with Gasteiger partial charge in [0.2, 0.25) is 11.8 Å². The van der Waals surface area contributed by atoms with Crippen LogP contribution >= 0.6 is 0 Å². The number of phenolic OH excluding ortho intramolecular Hbond substituents is 1. The highest BCUT2D eigenvalue weighted by Gasteiger charge is 2.62. The number of amides is 2. The van der Waals surface area contributed by atoms with Crippen molar-refractivity contribution >= 4 is 23.4 Å². The number of hydrogen-bond acceptors (Lipinski definition) is 8. The van der Waals surface area contributed by atoms with Gasteiger partial charge in [-0.25, -0.2) is 0 Å². The van der Waals surface area contributed by atoms with E-state index in [0.717, 1.165) is 5.56 Å². The van der Waals surface area contributed by atoms with Crippen molar-refractivity contribution in [2.24, 2.45) is 23.5 Å². The minimum Gasteiger partial charge on any atom is -0.508 e. The number of hydrogen-bond donors (Lipinski definition) is 6. The Bertz CT molecular complexity index is 1160. The topological polar surface area (TPSA) is 187 Å². The van der Waals surface area contributed by atoms with Crippen LogP contribution < -0.4 is 11.1 Å². The molecule has 0 saturated heterocycles. The first kappa shape index (κ1) is 23.9. The van der Waals surface area contributed by atoms with Gasteiger partial charge in [0.1, 0.15) is 17.4 Å². The van der Waals surface area contributed by atoms with Crippen LogP contribution in [0.3, 0.4) is 0 Å². The van der Waals surface area contributed by atoms with Gasteiger partial charge in [-0.3, -0.25) is 19.2 Å². The summed E-state index contributed by atoms with van der Waals surface area (Å²) in [6, 6.07) is 1.73. The smallest absolute Gasteiger partial charge is 0.230 e. The highest BCUT2D eigenvalue weighted by molar-refractivity contribution is 6.15. The number of primary amides is 1. The number of allylic oxidation sites excluding steroid dienone is 1. The highest BCUT2D eigenvalue weighted by Crippen LogP contribution is 2.52. The fourth-order valence-electron chi connectivity index (χ4n) is 5.80. The monoisotopic (exact) mass is 472 g/mol. The number of Topliss-reactive ketones (excluding diaryl/α,β-unsaturated/α-hetero) is 2. The maximum atomic E-state index is 13.6. The second-order valence-electron chi connectivity index (χ2n) is 9.40. The molecule has 0 aliphatic heterocycles. The van der Waals surface area contributed by atoms with Crippen molar-refractivity contribution in [1.82, 2.24) is 5.32 Å². The van der Waals surface area contributed by atoms with Gasteiger partial charge in [0, 0.05) is 30.5 Å². The number of aromatic hydroxyl groups is 1. The molecule has 182 valence electrons. The number of phenols is 1. The number of aliphatic hydroxyl groups is 3. The Balaban J connectivity index is 1.86. The van der Waals surface area contributed by atoms with Gasteiger partial charge >= 0.3 is 0 Å². The summed E-state index contributed by atoms with van der Waals surface area (Å²) in [4.78, 5) is 49.8. The van der Waals surface area contributed by atoms with Crippen LogP contribution in [0.2, 0.25) is 0 Å². The number of benzene rings is 1. The number of aryl methyl sites for hydroxylation is 1. The Morgan fingerprint density at radius 2 is 1.88 bits per heavy atom. The number of ketones is 2. The largest absolute Gasteiger partial charge is 0.508 e. The molecule has 1 fully saturated rings. The van der Waals surface area contributed by atoms with Crippen molar-refractivity contribution in [3.05, 3.63) is 39.7 Å². The summed E-state index contributed by atoms with van der Waals surface area (Å²) >= 11 is 0. The number of nitrogens with one attached hydrogen (secondary N) is 1. The van der Waals surface area contributed by atoms with Crippen molar-refractivity contribution in [1.29, 1.82) is 0 Å². The molecule has 10 nitrogen and oxygen atoms in total. The first-order valence-corrected chi connectivity index (χ1v) is 11.3. The van der Waals surface area contributed by atoms with Gasteiger partial charge in [0.25, 0.3) is 0 Å². The second-order valence-corrected chi connectivity index (χ2v) is 9.40. The van der Waals surface area contributed by atoms with Crippen LogP contribution in [0, 0.1) is 17.8 Å². The molecule has 34 heavy (non-hydrogen) atoms. The van der Waals surface area contributed by atoms with Crippen molar-refractivity contribution < 1.29 is 39.6 Å². The summed E-state index contributed by atoms with van der Waals surface area (Å²) in [6.07, 6.45) is -0.610. The lowest BCUT2D eigenvalue weighted by Crippen LogP contribution is -2.63. The fraction of sp³-hybridized carbons (Fsp3) is 0.500.